The van der Waals surface area contributed by atoms with Crippen molar-refractivity contribution in [3.63, 3.8) is 0 Å². The number of hydrogen-bond donors (Lipinski definition) is 2. The molecule has 0 radical (unpaired) electrons. The number of nitrogens with zero attached hydrogens (tertiary/aromatic N) is 7. The van der Waals surface area contributed by atoms with Crippen molar-refractivity contribution < 1.29 is 9.50 Å². The fraction of sp³-hybridized carbons (Fsp3) is 0.407. The van der Waals surface area contributed by atoms with Gasteiger partial charge in [0.05, 0.1) is 17.9 Å². The van der Waals surface area contributed by atoms with Gasteiger partial charge in [0.25, 0.3) is 0 Å². The number of alkyl halides is 1. The first-order valence-electron chi connectivity index (χ1n) is 12.6. The maximum atomic E-state index is 12.9. The highest BCUT2D eigenvalue weighted by Gasteiger charge is 2.27. The molecule has 9 nitrogen and oxygen atoms in total. The van der Waals surface area contributed by atoms with Crippen LogP contribution in [0.2, 0.25) is 0 Å². The summed E-state index contributed by atoms with van der Waals surface area (Å²) in [4.78, 5) is 15.5. The van der Waals surface area contributed by atoms with E-state index in [1.807, 2.05) is 29.2 Å². The van der Waals surface area contributed by atoms with Gasteiger partial charge in [-0.05, 0) is 50.0 Å². The second-order valence-electron chi connectivity index (χ2n) is 9.44. The summed E-state index contributed by atoms with van der Waals surface area (Å²) >= 11 is 0. The Bertz CT molecular complexity index is 1310. The molecule has 0 unspecified atom stereocenters. The van der Waals surface area contributed by atoms with Crippen LogP contribution in [-0.2, 0) is 0 Å². The number of nitrogens with two attached hydrogens (primary N) is 1. The third-order valence-corrected chi connectivity index (χ3v) is 7.14. The number of anilines is 3. The van der Waals surface area contributed by atoms with Gasteiger partial charge in [0.15, 0.2) is 5.82 Å². The minimum atomic E-state index is -0.325. The molecule has 2 saturated heterocycles. The number of aromatic hydroxyl groups is 1. The smallest absolute Gasteiger partial charge is 0.206 e. The summed E-state index contributed by atoms with van der Waals surface area (Å²) < 4.78 is 12.9. The van der Waals surface area contributed by atoms with Crippen molar-refractivity contribution in [1.29, 1.82) is 0 Å². The molecule has 2 aromatic heterocycles. The van der Waals surface area contributed by atoms with E-state index in [0.717, 1.165) is 44.0 Å². The van der Waals surface area contributed by atoms with Gasteiger partial charge in [-0.1, -0.05) is 18.1 Å². The molecule has 0 aliphatic carbocycles. The van der Waals surface area contributed by atoms with E-state index >= 15 is 0 Å². The summed E-state index contributed by atoms with van der Waals surface area (Å²) in [6, 6.07) is 11.1. The molecule has 3 aromatic rings. The molecular formula is C27H31FN8O. The number of para-hydroxylation sites is 1. The van der Waals surface area contributed by atoms with Crippen LogP contribution in [0.5, 0.6) is 5.75 Å². The SMILES string of the molecule is C[C@H]1CCN(c2cc(-c3ccccc3O)nnc2N)CCN1c1ccnc(C#CCN2CC[C@H]2CF)n1. The van der Waals surface area contributed by atoms with E-state index in [-0.39, 0.29) is 24.5 Å². The van der Waals surface area contributed by atoms with E-state index < -0.39 is 0 Å². The molecule has 192 valence electrons. The molecule has 0 spiro atoms. The van der Waals surface area contributed by atoms with E-state index in [2.05, 4.69) is 43.7 Å². The first-order valence-corrected chi connectivity index (χ1v) is 12.6. The summed E-state index contributed by atoms with van der Waals surface area (Å²) in [6.07, 6.45) is 3.52. The van der Waals surface area contributed by atoms with Gasteiger partial charge in [-0.2, -0.15) is 0 Å². The van der Waals surface area contributed by atoms with Crippen molar-refractivity contribution in [2.45, 2.75) is 31.8 Å². The Morgan fingerprint density at radius 1 is 1.11 bits per heavy atom. The topological polar surface area (TPSA) is 108 Å². The zero-order valence-corrected chi connectivity index (χ0v) is 20.9. The Labute approximate surface area is 216 Å². The maximum absolute atomic E-state index is 12.9. The average molecular weight is 503 g/mol. The maximum Gasteiger partial charge on any atom is 0.206 e. The third kappa shape index (κ3) is 5.42. The molecule has 2 atom stereocenters. The molecule has 0 bridgehead atoms. The molecule has 4 heterocycles. The number of phenolic OH excluding ortho intramolecular Hbond substituents is 1. The van der Waals surface area contributed by atoms with Crippen LogP contribution in [0.4, 0.5) is 21.7 Å². The van der Waals surface area contributed by atoms with Gasteiger partial charge in [0.2, 0.25) is 5.82 Å². The second-order valence-corrected chi connectivity index (χ2v) is 9.44. The lowest BCUT2D eigenvalue weighted by Crippen LogP contribution is -2.48. The van der Waals surface area contributed by atoms with E-state index in [0.29, 0.717) is 36.0 Å². The Balaban J connectivity index is 1.30. The highest BCUT2D eigenvalue weighted by atomic mass is 19.1. The van der Waals surface area contributed by atoms with Crippen molar-refractivity contribution in [3.05, 3.63) is 48.4 Å². The van der Waals surface area contributed by atoms with Crippen LogP contribution in [-0.4, -0.2) is 81.7 Å². The monoisotopic (exact) mass is 502 g/mol. The molecule has 0 amide bonds. The van der Waals surface area contributed by atoms with Crippen molar-refractivity contribution in [1.82, 2.24) is 25.1 Å². The van der Waals surface area contributed by atoms with E-state index in [4.69, 9.17) is 10.7 Å². The van der Waals surface area contributed by atoms with Gasteiger partial charge in [-0.3, -0.25) is 4.90 Å². The average Bonchev–Trinajstić information content (AvgIpc) is 3.08. The number of hydrogen-bond acceptors (Lipinski definition) is 9. The Morgan fingerprint density at radius 2 is 1.97 bits per heavy atom. The Morgan fingerprint density at radius 3 is 2.76 bits per heavy atom. The van der Waals surface area contributed by atoms with Gasteiger partial charge in [-0.15, -0.1) is 10.2 Å². The first kappa shape index (κ1) is 24.7. The Hall–Kier alpha value is -3.97. The van der Waals surface area contributed by atoms with Crippen molar-refractivity contribution in [2.75, 3.05) is 54.9 Å². The van der Waals surface area contributed by atoms with Crippen LogP contribution in [0.15, 0.2) is 42.6 Å². The summed E-state index contributed by atoms with van der Waals surface area (Å²) in [5, 5.41) is 18.6. The lowest BCUT2D eigenvalue weighted by molar-refractivity contribution is 0.0857. The molecule has 3 N–H and O–H groups in total. The van der Waals surface area contributed by atoms with Crippen molar-refractivity contribution in [2.24, 2.45) is 0 Å². The van der Waals surface area contributed by atoms with Crippen molar-refractivity contribution in [3.8, 4) is 28.8 Å². The highest BCUT2D eigenvalue weighted by molar-refractivity contribution is 5.74. The lowest BCUT2D eigenvalue weighted by Gasteiger charge is -2.37. The molecule has 2 aliphatic heterocycles. The van der Waals surface area contributed by atoms with Crippen LogP contribution >= 0.6 is 0 Å². The predicted octanol–water partition coefficient (Wildman–Crippen LogP) is 2.72. The zero-order chi connectivity index (χ0) is 25.8. The molecular weight excluding hydrogens is 471 g/mol. The summed E-state index contributed by atoms with van der Waals surface area (Å²) in [5.74, 6) is 7.94. The van der Waals surface area contributed by atoms with E-state index in [1.165, 1.54) is 0 Å². The van der Waals surface area contributed by atoms with Gasteiger partial charge < -0.3 is 20.6 Å². The number of benzene rings is 1. The number of phenols is 1. The normalized spacial score (nSPS) is 20.1. The van der Waals surface area contributed by atoms with Crippen LogP contribution in [0, 0.1) is 11.8 Å². The highest BCUT2D eigenvalue weighted by Crippen LogP contribution is 2.32. The van der Waals surface area contributed by atoms with Crippen LogP contribution in [0.25, 0.3) is 11.3 Å². The fourth-order valence-electron chi connectivity index (χ4n) is 4.77. The van der Waals surface area contributed by atoms with E-state index in [9.17, 15) is 9.50 Å². The zero-order valence-electron chi connectivity index (χ0n) is 20.9. The van der Waals surface area contributed by atoms with Crippen LogP contribution in [0.1, 0.15) is 25.6 Å². The van der Waals surface area contributed by atoms with Crippen LogP contribution in [0.3, 0.4) is 0 Å². The first-order chi connectivity index (χ1) is 18.0. The molecule has 5 rings (SSSR count). The van der Waals surface area contributed by atoms with Crippen molar-refractivity contribution >= 4 is 17.3 Å². The van der Waals surface area contributed by atoms with Crippen LogP contribution < -0.4 is 15.5 Å². The summed E-state index contributed by atoms with van der Waals surface area (Å²) in [5.41, 5.74) is 8.23. The van der Waals surface area contributed by atoms with Gasteiger partial charge in [-0.25, -0.2) is 14.4 Å². The fourth-order valence-corrected chi connectivity index (χ4v) is 4.77. The second kappa shape index (κ2) is 11.0. The minimum absolute atomic E-state index is 0.00143. The number of halogens is 1. The predicted molar refractivity (Wildman–Crippen MR) is 142 cm³/mol. The summed E-state index contributed by atoms with van der Waals surface area (Å²) in [6.45, 7) is 5.50. The number of aromatic nitrogens is 4. The minimum Gasteiger partial charge on any atom is -0.507 e. The largest absolute Gasteiger partial charge is 0.507 e. The van der Waals surface area contributed by atoms with E-state index in [1.54, 1.807) is 18.3 Å². The molecule has 10 heteroatoms. The molecule has 2 aliphatic rings. The molecule has 2 fully saturated rings. The Kier molecular flexibility index (Phi) is 7.32. The molecule has 37 heavy (non-hydrogen) atoms. The number of rotatable bonds is 5. The summed E-state index contributed by atoms with van der Waals surface area (Å²) in [7, 11) is 0. The van der Waals surface area contributed by atoms with Gasteiger partial charge in [0, 0.05) is 50.0 Å². The molecule has 1 aromatic carbocycles. The standard InChI is InChI=1S/C27H31FN8O/c1-19-9-13-35(23-17-22(32-33-27(23)29)21-5-2-3-6-24(21)37)15-16-36(19)26-8-11-30-25(31-26)7-4-12-34-14-10-20(34)18-28/h2-3,5-6,8,11,17,19-20,37H,9-10,12-16,18H2,1H3,(H2,29,33)/t19-,20-/m0/s1. The third-order valence-electron chi connectivity index (χ3n) is 7.14. The van der Waals surface area contributed by atoms with Gasteiger partial charge >= 0.3 is 0 Å². The number of nitrogen functional groups attached to an aromatic ring is 1. The lowest BCUT2D eigenvalue weighted by atomic mass is 10.1. The quantitative estimate of drug-likeness (QED) is 0.509. The number of likely N-dealkylation sites (tertiary alicyclic amines) is 1. The van der Waals surface area contributed by atoms with Gasteiger partial charge in [0.1, 0.15) is 18.2 Å². The molecule has 0 saturated carbocycles.